The number of fused-ring (bicyclic) bond motifs is 2. The van der Waals surface area contributed by atoms with Gasteiger partial charge >= 0.3 is 0 Å². The minimum Gasteiger partial charge on any atom is -0.355 e. The molecule has 0 saturated carbocycles. The van der Waals surface area contributed by atoms with E-state index in [1.807, 2.05) is 6.07 Å². The quantitative estimate of drug-likeness (QED) is 0.332. The Kier molecular flexibility index (Phi) is 6.49. The van der Waals surface area contributed by atoms with E-state index in [0.717, 1.165) is 38.2 Å². The van der Waals surface area contributed by atoms with E-state index in [0.29, 0.717) is 15.4 Å². The second-order valence-corrected chi connectivity index (χ2v) is 13.2. The van der Waals surface area contributed by atoms with Crippen LogP contribution in [0, 0.1) is 5.41 Å². The number of hydrogen-bond donors (Lipinski definition) is 1. The van der Waals surface area contributed by atoms with Crippen LogP contribution in [-0.2, 0) is 13.0 Å². The number of hydrogen-bond acceptors (Lipinski definition) is 8. The Hall–Kier alpha value is -2.53. The molecule has 1 aromatic carbocycles. The molecule has 2 aliphatic rings. The molecule has 1 fully saturated rings. The maximum Gasteiger partial charge on any atom is 0.262 e. The van der Waals surface area contributed by atoms with Crippen LogP contribution in [0.1, 0.15) is 43.2 Å². The Balaban J connectivity index is 1.17. The molecule has 1 aliphatic carbocycles. The Morgan fingerprint density at radius 3 is 2.68 bits per heavy atom. The summed E-state index contributed by atoms with van der Waals surface area (Å²) >= 11 is 9.77. The van der Waals surface area contributed by atoms with Crippen molar-refractivity contribution in [1.82, 2.24) is 19.5 Å². The number of anilines is 1. The molecule has 1 saturated heterocycles. The van der Waals surface area contributed by atoms with Crippen LogP contribution in [0.4, 0.5) is 10.2 Å². The van der Waals surface area contributed by atoms with Crippen LogP contribution >= 0.6 is 34.7 Å². The summed E-state index contributed by atoms with van der Waals surface area (Å²) in [6, 6.07) is 5.91. The van der Waals surface area contributed by atoms with Gasteiger partial charge < -0.3 is 10.6 Å². The van der Waals surface area contributed by atoms with Crippen LogP contribution in [-0.4, -0.2) is 38.3 Å². The molecule has 0 amide bonds. The largest absolute Gasteiger partial charge is 0.355 e. The van der Waals surface area contributed by atoms with E-state index >= 15 is 0 Å². The smallest absolute Gasteiger partial charge is 0.262 e. The average Bonchev–Trinajstić information content (AvgIpc) is 3.43. The van der Waals surface area contributed by atoms with Gasteiger partial charge in [0.05, 0.1) is 41.2 Å². The Bertz CT molecular complexity index is 1560. The number of nitrogens with two attached hydrogens (primary N) is 1. The Morgan fingerprint density at radius 2 is 2.00 bits per heavy atom. The van der Waals surface area contributed by atoms with Gasteiger partial charge in [-0.05, 0) is 67.7 Å². The molecule has 6 rings (SSSR count). The molecule has 38 heavy (non-hydrogen) atoms. The van der Waals surface area contributed by atoms with Crippen LogP contribution in [0.2, 0.25) is 5.02 Å². The van der Waals surface area contributed by atoms with Gasteiger partial charge in [0.25, 0.3) is 5.56 Å². The van der Waals surface area contributed by atoms with Gasteiger partial charge in [-0.25, -0.2) is 19.3 Å². The van der Waals surface area contributed by atoms with Crippen LogP contribution in [0.5, 0.6) is 0 Å². The van der Waals surface area contributed by atoms with Crippen molar-refractivity contribution in [2.24, 2.45) is 11.1 Å². The summed E-state index contributed by atoms with van der Waals surface area (Å²) < 4.78 is 15.4. The highest BCUT2D eigenvalue weighted by molar-refractivity contribution is 7.99. The number of nitrogens with zero attached hydrogens (tertiary/aromatic N) is 5. The number of rotatable bonds is 5. The minimum atomic E-state index is -1.55. The lowest BCUT2D eigenvalue weighted by molar-refractivity contribution is 0.184. The van der Waals surface area contributed by atoms with Crippen LogP contribution in [0.25, 0.3) is 10.9 Å². The van der Waals surface area contributed by atoms with Gasteiger partial charge in [-0.3, -0.25) is 9.36 Å². The van der Waals surface area contributed by atoms with E-state index in [1.165, 1.54) is 46.9 Å². The van der Waals surface area contributed by atoms with Crippen LogP contribution in [0.3, 0.4) is 0 Å². The lowest BCUT2D eigenvalue weighted by Gasteiger charge is -2.42. The van der Waals surface area contributed by atoms with Crippen LogP contribution < -0.4 is 16.2 Å². The third-order valence-corrected chi connectivity index (χ3v) is 10.1. The normalized spacial score (nSPS) is 18.9. The van der Waals surface area contributed by atoms with Gasteiger partial charge in [-0.1, -0.05) is 23.4 Å². The second kappa shape index (κ2) is 9.59. The molecule has 3 aromatic heterocycles. The van der Waals surface area contributed by atoms with Gasteiger partial charge in [0.1, 0.15) is 16.5 Å². The highest BCUT2D eigenvalue weighted by atomic mass is 35.5. The summed E-state index contributed by atoms with van der Waals surface area (Å²) in [5.41, 5.74) is 6.80. The zero-order chi connectivity index (χ0) is 26.7. The zero-order valence-corrected chi connectivity index (χ0v) is 23.5. The Morgan fingerprint density at radius 1 is 1.21 bits per heavy atom. The molecule has 2 N–H and O–H groups in total. The molecule has 1 spiro atoms. The first kappa shape index (κ1) is 25.7. The highest BCUT2D eigenvalue weighted by Gasteiger charge is 2.46. The molecular formula is C27H28ClFN6OS2. The summed E-state index contributed by atoms with van der Waals surface area (Å²) in [5, 5.41) is 3.37. The minimum absolute atomic E-state index is 0.103. The summed E-state index contributed by atoms with van der Waals surface area (Å²) in [6.07, 6.45) is 8.02. The van der Waals surface area contributed by atoms with Crippen molar-refractivity contribution < 1.29 is 4.39 Å². The molecular weight excluding hydrogens is 543 g/mol. The molecule has 0 radical (unpaired) electrons. The van der Waals surface area contributed by atoms with Crippen molar-refractivity contribution in [1.29, 1.82) is 0 Å². The van der Waals surface area contributed by atoms with E-state index in [9.17, 15) is 9.18 Å². The zero-order valence-electron chi connectivity index (χ0n) is 21.2. The Labute approximate surface area is 233 Å². The molecule has 0 unspecified atom stereocenters. The molecule has 4 heterocycles. The summed E-state index contributed by atoms with van der Waals surface area (Å²) in [7, 11) is 0. The van der Waals surface area contributed by atoms with E-state index in [-0.39, 0.29) is 34.0 Å². The van der Waals surface area contributed by atoms with Gasteiger partial charge in [-0.15, -0.1) is 11.3 Å². The standard InChI is InChI=1S/C27H28ClFN6OS2/c1-26(2,29)14-35-15-33-17-3-4-18(22(28)21(17)25(35)36)38-20-13-31-19(12-32-20)34-8-6-27(7-9-34)11-16-5-10-37-23(16)24(27)30/h3-5,10,12-13,15,24H,6-9,11,14,30H2,1-2H3/t24-/m1/s1. The topological polar surface area (TPSA) is 89.9 Å². The van der Waals surface area contributed by atoms with Crippen molar-refractivity contribution in [3.8, 4) is 0 Å². The second-order valence-electron chi connectivity index (χ2n) is 10.8. The number of alkyl halides is 1. The fraction of sp³-hybridized carbons (Fsp3) is 0.407. The third kappa shape index (κ3) is 4.61. The fourth-order valence-electron chi connectivity index (χ4n) is 5.62. The lowest BCUT2D eigenvalue weighted by atomic mass is 9.73. The predicted octanol–water partition coefficient (Wildman–Crippen LogP) is 5.64. The lowest BCUT2D eigenvalue weighted by Crippen LogP contribution is -2.44. The number of halogens is 2. The van der Waals surface area contributed by atoms with Crippen LogP contribution in [0.15, 0.2) is 57.0 Å². The molecule has 11 heteroatoms. The third-order valence-electron chi connectivity index (χ3n) is 7.62. The number of thiophene rings is 1. The molecule has 198 valence electrons. The predicted molar refractivity (Wildman–Crippen MR) is 151 cm³/mol. The summed E-state index contributed by atoms with van der Waals surface area (Å²) in [6.45, 7) is 4.54. The van der Waals surface area contributed by atoms with E-state index in [2.05, 4.69) is 31.3 Å². The first-order chi connectivity index (χ1) is 18.1. The van der Waals surface area contributed by atoms with Crippen molar-refractivity contribution in [2.75, 3.05) is 18.0 Å². The molecule has 1 aliphatic heterocycles. The molecule has 7 nitrogen and oxygen atoms in total. The first-order valence-electron chi connectivity index (χ1n) is 12.6. The monoisotopic (exact) mass is 570 g/mol. The number of aromatic nitrogens is 4. The first-order valence-corrected chi connectivity index (χ1v) is 14.6. The SMILES string of the molecule is CC(C)(F)Cn1cnc2ccc(Sc3cnc(N4CCC5(CC4)Cc4ccsc4[C@H]5N)cn3)c(Cl)c2c1=O. The van der Waals surface area contributed by atoms with Crippen molar-refractivity contribution >= 4 is 51.4 Å². The maximum absolute atomic E-state index is 14.2. The van der Waals surface area contributed by atoms with Gasteiger partial charge in [0, 0.05) is 28.9 Å². The number of benzene rings is 1. The average molecular weight is 571 g/mol. The summed E-state index contributed by atoms with van der Waals surface area (Å²) in [4.78, 5) is 30.9. The molecule has 4 aromatic rings. The van der Waals surface area contributed by atoms with Gasteiger partial charge in [-0.2, -0.15) is 0 Å². The van der Waals surface area contributed by atoms with Gasteiger partial charge in [0.15, 0.2) is 0 Å². The summed E-state index contributed by atoms with van der Waals surface area (Å²) in [5.74, 6) is 0.844. The highest BCUT2D eigenvalue weighted by Crippen LogP contribution is 2.52. The van der Waals surface area contributed by atoms with Crippen molar-refractivity contribution in [3.63, 3.8) is 0 Å². The van der Waals surface area contributed by atoms with E-state index in [1.54, 1.807) is 29.8 Å². The molecule has 1 atom stereocenters. The fourth-order valence-corrected chi connectivity index (χ4v) is 7.81. The van der Waals surface area contributed by atoms with Gasteiger partial charge in [0.2, 0.25) is 0 Å². The van der Waals surface area contributed by atoms with Crippen molar-refractivity contribution in [2.45, 2.75) is 61.3 Å². The molecule has 0 bridgehead atoms. The maximum atomic E-state index is 14.2. The van der Waals surface area contributed by atoms with E-state index < -0.39 is 5.67 Å². The number of piperidine rings is 1. The van der Waals surface area contributed by atoms with E-state index in [4.69, 9.17) is 17.3 Å². The van der Waals surface area contributed by atoms with Crippen molar-refractivity contribution in [3.05, 3.63) is 68.1 Å².